The monoisotopic (exact) mass is 320 g/mol. The second-order valence-corrected chi connectivity index (χ2v) is 5.32. The molecule has 1 aromatic carbocycles. The van der Waals surface area contributed by atoms with E-state index in [0.717, 1.165) is 31.0 Å². The van der Waals surface area contributed by atoms with Crippen molar-refractivity contribution >= 4 is 5.95 Å². The number of anilines is 1. The fraction of sp³-hybridized carbons (Fsp3) is 0.375. The fourth-order valence-electron chi connectivity index (χ4n) is 2.62. The first-order chi connectivity index (χ1) is 11.2. The van der Waals surface area contributed by atoms with Gasteiger partial charge < -0.3 is 10.1 Å². The average Bonchev–Trinajstić information content (AvgIpc) is 2.59. The van der Waals surface area contributed by atoms with E-state index in [-0.39, 0.29) is 11.9 Å². The van der Waals surface area contributed by atoms with Crippen LogP contribution in [0.1, 0.15) is 11.6 Å². The third kappa shape index (κ3) is 4.20. The molecule has 0 saturated carbocycles. The maximum atomic E-state index is 13.2. The largest absolute Gasteiger partial charge is 0.379 e. The Morgan fingerprint density at radius 1 is 1.04 bits per heavy atom. The van der Waals surface area contributed by atoms with E-state index in [1.807, 2.05) is 0 Å². The van der Waals surface area contributed by atoms with E-state index in [2.05, 4.69) is 20.2 Å². The van der Waals surface area contributed by atoms with Crippen molar-refractivity contribution in [3.63, 3.8) is 0 Å². The van der Waals surface area contributed by atoms with Gasteiger partial charge in [-0.3, -0.25) is 4.90 Å². The van der Waals surface area contributed by atoms with Gasteiger partial charge in [-0.05, 0) is 17.7 Å². The molecule has 122 valence electrons. The molecule has 1 saturated heterocycles. The number of hydrogen-bond acceptors (Lipinski definition) is 5. The molecule has 2 heterocycles. The Kier molecular flexibility index (Phi) is 5.09. The molecule has 0 radical (unpaired) electrons. The molecule has 1 aliphatic heterocycles. The highest BCUT2D eigenvalue weighted by atomic mass is 19.1. The van der Waals surface area contributed by atoms with Crippen LogP contribution in [0, 0.1) is 11.6 Å². The topological polar surface area (TPSA) is 50.3 Å². The van der Waals surface area contributed by atoms with Crippen LogP contribution in [0.25, 0.3) is 0 Å². The van der Waals surface area contributed by atoms with Gasteiger partial charge in [-0.2, -0.15) is 0 Å². The lowest BCUT2D eigenvalue weighted by Crippen LogP contribution is -2.41. The summed E-state index contributed by atoms with van der Waals surface area (Å²) in [6, 6.07) is 6.51. The van der Waals surface area contributed by atoms with Crippen LogP contribution in [0.15, 0.2) is 36.7 Å². The van der Waals surface area contributed by atoms with Crippen molar-refractivity contribution in [2.24, 2.45) is 0 Å². The summed E-state index contributed by atoms with van der Waals surface area (Å²) in [6.07, 6.45) is 2.24. The van der Waals surface area contributed by atoms with Crippen LogP contribution < -0.4 is 5.32 Å². The number of nitrogens with one attached hydrogen (secondary N) is 1. The molecular formula is C16H18F2N4O. The highest BCUT2D eigenvalue weighted by molar-refractivity contribution is 5.27. The molecule has 0 amide bonds. The highest BCUT2D eigenvalue weighted by Crippen LogP contribution is 2.22. The third-order valence-electron chi connectivity index (χ3n) is 3.82. The van der Waals surface area contributed by atoms with Gasteiger partial charge in [0, 0.05) is 19.6 Å². The first kappa shape index (κ1) is 15.8. The standard InChI is InChI=1S/C16H18F2N4O/c17-13-3-1-12(2-4-13)15(22-5-7-23-8-6-22)11-21-16-19-9-14(18)10-20-16/h1-4,9-10,15H,5-8,11H2,(H,19,20,21). The Hall–Kier alpha value is -2.12. The molecule has 23 heavy (non-hydrogen) atoms. The van der Waals surface area contributed by atoms with Gasteiger partial charge in [0.05, 0.1) is 31.6 Å². The molecule has 3 rings (SSSR count). The molecule has 1 atom stereocenters. The summed E-state index contributed by atoms with van der Waals surface area (Å²) in [5, 5.41) is 3.12. The number of morpholine rings is 1. The predicted octanol–water partition coefficient (Wildman–Crippen LogP) is 2.24. The van der Waals surface area contributed by atoms with E-state index < -0.39 is 5.82 Å². The van der Waals surface area contributed by atoms with Crippen LogP contribution in [-0.2, 0) is 4.74 Å². The lowest BCUT2D eigenvalue weighted by molar-refractivity contribution is 0.0186. The number of aromatic nitrogens is 2. The first-order valence-electron chi connectivity index (χ1n) is 7.51. The Balaban J connectivity index is 1.74. The zero-order valence-corrected chi connectivity index (χ0v) is 12.6. The lowest BCUT2D eigenvalue weighted by atomic mass is 10.0. The van der Waals surface area contributed by atoms with E-state index >= 15 is 0 Å². The van der Waals surface area contributed by atoms with Gasteiger partial charge in [0.25, 0.3) is 0 Å². The number of halogens is 2. The van der Waals surface area contributed by atoms with Crippen LogP contribution >= 0.6 is 0 Å². The summed E-state index contributed by atoms with van der Waals surface area (Å²) < 4.78 is 31.4. The van der Waals surface area contributed by atoms with Gasteiger partial charge >= 0.3 is 0 Å². The second-order valence-electron chi connectivity index (χ2n) is 5.32. The zero-order chi connectivity index (χ0) is 16.1. The third-order valence-corrected chi connectivity index (χ3v) is 3.82. The number of ether oxygens (including phenoxy) is 1. The van der Waals surface area contributed by atoms with Crippen LogP contribution in [0.4, 0.5) is 14.7 Å². The Morgan fingerprint density at radius 3 is 2.35 bits per heavy atom. The van der Waals surface area contributed by atoms with Crippen molar-refractivity contribution in [2.75, 3.05) is 38.2 Å². The molecule has 0 bridgehead atoms. The molecule has 1 fully saturated rings. The summed E-state index contributed by atoms with van der Waals surface area (Å²) in [5.74, 6) is -0.366. The zero-order valence-electron chi connectivity index (χ0n) is 12.6. The SMILES string of the molecule is Fc1ccc(C(CNc2ncc(F)cn2)N2CCOCC2)cc1. The minimum Gasteiger partial charge on any atom is -0.379 e. The Bertz CT molecular complexity index is 615. The maximum Gasteiger partial charge on any atom is 0.222 e. The Labute approximate surface area is 133 Å². The summed E-state index contributed by atoms with van der Waals surface area (Å²) in [6.45, 7) is 3.48. The molecular weight excluding hydrogens is 302 g/mol. The first-order valence-corrected chi connectivity index (χ1v) is 7.51. The number of benzene rings is 1. The van der Waals surface area contributed by atoms with E-state index in [1.54, 1.807) is 12.1 Å². The van der Waals surface area contributed by atoms with Gasteiger partial charge in [0.15, 0.2) is 5.82 Å². The quantitative estimate of drug-likeness (QED) is 0.916. The van der Waals surface area contributed by atoms with Crippen molar-refractivity contribution < 1.29 is 13.5 Å². The van der Waals surface area contributed by atoms with Crippen molar-refractivity contribution in [2.45, 2.75) is 6.04 Å². The molecule has 0 spiro atoms. The average molecular weight is 320 g/mol. The molecule has 1 N–H and O–H groups in total. The summed E-state index contributed by atoms with van der Waals surface area (Å²) in [7, 11) is 0. The normalized spacial score (nSPS) is 17.0. The van der Waals surface area contributed by atoms with Crippen LogP contribution in [0.5, 0.6) is 0 Å². The molecule has 5 nitrogen and oxygen atoms in total. The molecule has 1 aliphatic rings. The summed E-state index contributed by atoms with van der Waals surface area (Å²) in [5.41, 5.74) is 1.00. The van der Waals surface area contributed by atoms with Crippen molar-refractivity contribution in [3.8, 4) is 0 Å². The number of nitrogens with zero attached hydrogens (tertiary/aromatic N) is 3. The molecule has 0 aliphatic carbocycles. The minimum absolute atomic E-state index is 0.0353. The van der Waals surface area contributed by atoms with Crippen molar-refractivity contribution in [1.82, 2.24) is 14.9 Å². The smallest absolute Gasteiger partial charge is 0.222 e. The van der Waals surface area contributed by atoms with Crippen molar-refractivity contribution in [1.29, 1.82) is 0 Å². The lowest BCUT2D eigenvalue weighted by Gasteiger charge is -2.34. The fourth-order valence-corrected chi connectivity index (χ4v) is 2.62. The van der Waals surface area contributed by atoms with Crippen LogP contribution in [-0.4, -0.2) is 47.7 Å². The highest BCUT2D eigenvalue weighted by Gasteiger charge is 2.22. The van der Waals surface area contributed by atoms with Gasteiger partial charge in [-0.15, -0.1) is 0 Å². The van der Waals surface area contributed by atoms with Crippen LogP contribution in [0.2, 0.25) is 0 Å². The van der Waals surface area contributed by atoms with Gasteiger partial charge in [0.2, 0.25) is 5.95 Å². The van der Waals surface area contributed by atoms with Crippen molar-refractivity contribution in [3.05, 3.63) is 53.9 Å². The minimum atomic E-state index is -0.473. The molecule has 2 aromatic rings. The molecule has 7 heteroatoms. The summed E-state index contributed by atoms with van der Waals surface area (Å²) >= 11 is 0. The Morgan fingerprint density at radius 2 is 1.70 bits per heavy atom. The number of rotatable bonds is 5. The molecule has 1 unspecified atom stereocenters. The molecule has 1 aromatic heterocycles. The van der Waals surface area contributed by atoms with Crippen LogP contribution in [0.3, 0.4) is 0 Å². The van der Waals surface area contributed by atoms with Gasteiger partial charge in [-0.25, -0.2) is 18.7 Å². The number of hydrogen-bond donors (Lipinski definition) is 1. The second kappa shape index (κ2) is 7.43. The van der Waals surface area contributed by atoms with E-state index in [0.29, 0.717) is 25.7 Å². The van der Waals surface area contributed by atoms with E-state index in [9.17, 15) is 8.78 Å². The van der Waals surface area contributed by atoms with E-state index in [1.165, 1.54) is 12.1 Å². The van der Waals surface area contributed by atoms with E-state index in [4.69, 9.17) is 4.74 Å². The van der Waals surface area contributed by atoms with Gasteiger partial charge in [0.1, 0.15) is 5.82 Å². The predicted molar refractivity (Wildman–Crippen MR) is 82.0 cm³/mol. The maximum absolute atomic E-state index is 13.2. The summed E-state index contributed by atoms with van der Waals surface area (Å²) in [4.78, 5) is 10.1. The van der Waals surface area contributed by atoms with Gasteiger partial charge in [-0.1, -0.05) is 12.1 Å².